The van der Waals surface area contributed by atoms with E-state index in [1.807, 2.05) is 10.6 Å². The fraction of sp³-hybridized carbons (Fsp3) is 0.440. The summed E-state index contributed by atoms with van der Waals surface area (Å²) in [7, 11) is 0. The number of carbonyl (C=O) groups excluding carboxylic acids is 1. The van der Waals surface area contributed by atoms with Gasteiger partial charge in [0.1, 0.15) is 17.2 Å². The van der Waals surface area contributed by atoms with Crippen LogP contribution in [-0.4, -0.2) is 75.4 Å². The van der Waals surface area contributed by atoms with Gasteiger partial charge in [0.05, 0.1) is 23.5 Å². The van der Waals surface area contributed by atoms with E-state index < -0.39 is 5.97 Å². The topological polar surface area (TPSA) is 145 Å². The standard InChI is InChI=1S/C25H29N9O3/c1-3-32-7-9-33(10-8-32)22-12-21-18(11-20(22)27-14-16(13-26)24-28-30-31-29-24)23(35)19(25(36)37-4-2)15-34(21)17-5-6-17/h11-12,14-15,17,27H,3-10H2,1-2H3,(H,28,29,30,31). The number of piperazine rings is 1. The summed E-state index contributed by atoms with van der Waals surface area (Å²) in [4.78, 5) is 30.8. The molecule has 1 aromatic carbocycles. The molecule has 0 atom stereocenters. The molecule has 0 amide bonds. The lowest BCUT2D eigenvalue weighted by Gasteiger charge is -2.36. The monoisotopic (exact) mass is 503 g/mol. The summed E-state index contributed by atoms with van der Waals surface area (Å²) in [5, 5.41) is 26.9. The fourth-order valence-electron chi connectivity index (χ4n) is 4.65. The molecule has 2 N–H and O–H groups in total. The number of esters is 1. The van der Waals surface area contributed by atoms with Crippen LogP contribution in [0.2, 0.25) is 0 Å². The zero-order chi connectivity index (χ0) is 25.9. The predicted molar refractivity (Wildman–Crippen MR) is 138 cm³/mol. The highest BCUT2D eigenvalue weighted by Crippen LogP contribution is 2.39. The lowest BCUT2D eigenvalue weighted by atomic mass is 10.1. The third-order valence-corrected chi connectivity index (χ3v) is 6.82. The molecule has 12 nitrogen and oxygen atoms in total. The first-order valence-electron chi connectivity index (χ1n) is 12.5. The molecule has 0 bridgehead atoms. The second kappa shape index (κ2) is 10.4. The van der Waals surface area contributed by atoms with Crippen molar-refractivity contribution in [1.29, 1.82) is 5.26 Å². The van der Waals surface area contributed by atoms with E-state index in [-0.39, 0.29) is 35.0 Å². The van der Waals surface area contributed by atoms with Gasteiger partial charge in [-0.1, -0.05) is 6.92 Å². The Hall–Kier alpha value is -4.24. The molecular weight excluding hydrogens is 474 g/mol. The maximum absolute atomic E-state index is 13.5. The molecule has 0 unspecified atom stereocenters. The first-order valence-corrected chi connectivity index (χ1v) is 12.5. The van der Waals surface area contributed by atoms with E-state index in [9.17, 15) is 14.9 Å². The second-order valence-electron chi connectivity index (χ2n) is 9.09. The average Bonchev–Trinajstić information content (AvgIpc) is 3.62. The highest BCUT2D eigenvalue weighted by atomic mass is 16.5. The SMILES string of the molecule is CCOC(=O)c1cn(C2CC2)c2cc(N3CCN(CC)CC3)c(NC=C(C#N)c3nn[nH]n3)cc2c1=O. The first-order chi connectivity index (χ1) is 18.0. The van der Waals surface area contributed by atoms with Crippen LogP contribution in [0.4, 0.5) is 11.4 Å². The largest absolute Gasteiger partial charge is 0.462 e. The van der Waals surface area contributed by atoms with E-state index in [1.54, 1.807) is 19.2 Å². The lowest BCUT2D eigenvalue weighted by molar-refractivity contribution is 0.0524. The van der Waals surface area contributed by atoms with Gasteiger partial charge in [-0.25, -0.2) is 4.79 Å². The minimum Gasteiger partial charge on any atom is -0.462 e. The number of hydrogen-bond donors (Lipinski definition) is 2. The number of tetrazole rings is 1. The summed E-state index contributed by atoms with van der Waals surface area (Å²) < 4.78 is 7.20. The predicted octanol–water partition coefficient (Wildman–Crippen LogP) is 2.14. The number of nitrogens with one attached hydrogen (secondary N) is 2. The minimum absolute atomic E-state index is 0.0246. The van der Waals surface area contributed by atoms with Gasteiger partial charge in [0.25, 0.3) is 0 Å². The molecule has 2 aliphatic rings. The highest BCUT2D eigenvalue weighted by Gasteiger charge is 2.29. The highest BCUT2D eigenvalue weighted by molar-refractivity contribution is 5.97. The third kappa shape index (κ3) is 4.90. The Balaban J connectivity index is 1.65. The van der Waals surface area contributed by atoms with E-state index in [2.05, 4.69) is 48.7 Å². The van der Waals surface area contributed by atoms with Crippen molar-refractivity contribution in [3.63, 3.8) is 0 Å². The smallest absolute Gasteiger partial charge is 0.343 e. The number of nitriles is 1. The number of carbonyl (C=O) groups is 1. The van der Waals surface area contributed by atoms with E-state index in [0.29, 0.717) is 11.1 Å². The van der Waals surface area contributed by atoms with Gasteiger partial charge >= 0.3 is 5.97 Å². The van der Waals surface area contributed by atoms with Crippen molar-refractivity contribution in [3.8, 4) is 6.07 Å². The summed E-state index contributed by atoms with van der Waals surface area (Å²) in [5.41, 5.74) is 2.18. The quantitative estimate of drug-likeness (QED) is 0.346. The molecule has 1 aliphatic carbocycles. The van der Waals surface area contributed by atoms with Crippen LogP contribution in [0.5, 0.6) is 0 Å². The number of pyridine rings is 1. The van der Waals surface area contributed by atoms with Gasteiger partial charge in [-0.2, -0.15) is 10.5 Å². The Morgan fingerprint density at radius 2 is 2.05 bits per heavy atom. The normalized spacial score (nSPS) is 16.6. The van der Waals surface area contributed by atoms with E-state index in [4.69, 9.17) is 4.74 Å². The van der Waals surface area contributed by atoms with E-state index >= 15 is 0 Å². The molecule has 1 saturated carbocycles. The van der Waals surface area contributed by atoms with E-state index in [0.717, 1.165) is 56.8 Å². The van der Waals surface area contributed by atoms with Gasteiger partial charge in [0.2, 0.25) is 11.3 Å². The number of likely N-dealkylation sites (N-methyl/N-ethyl adjacent to an activating group) is 1. The number of benzene rings is 1. The molecule has 1 saturated heterocycles. The van der Waals surface area contributed by atoms with Crippen LogP contribution in [0, 0.1) is 11.3 Å². The minimum atomic E-state index is -0.623. The number of aromatic nitrogens is 5. The Morgan fingerprint density at radius 3 is 2.68 bits per heavy atom. The zero-order valence-corrected chi connectivity index (χ0v) is 20.9. The molecule has 192 valence electrons. The molecule has 12 heteroatoms. The average molecular weight is 504 g/mol. The molecule has 5 rings (SSSR count). The van der Waals surface area contributed by atoms with Gasteiger partial charge in [-0.3, -0.25) is 4.79 Å². The summed E-state index contributed by atoms with van der Waals surface area (Å²) >= 11 is 0. The molecule has 2 fully saturated rings. The first kappa shape index (κ1) is 24.5. The molecule has 3 heterocycles. The van der Waals surface area contributed by atoms with Crippen LogP contribution in [0.15, 0.2) is 29.3 Å². The molecule has 0 spiro atoms. The summed E-state index contributed by atoms with van der Waals surface area (Å²) in [6, 6.07) is 6.09. The van der Waals surface area contributed by atoms with Crippen LogP contribution in [-0.2, 0) is 4.74 Å². The second-order valence-corrected chi connectivity index (χ2v) is 9.09. The summed E-state index contributed by atoms with van der Waals surface area (Å²) in [6.07, 6.45) is 5.13. The maximum Gasteiger partial charge on any atom is 0.343 e. The van der Waals surface area contributed by atoms with Crippen molar-refractivity contribution in [2.24, 2.45) is 0 Å². The van der Waals surface area contributed by atoms with Crippen LogP contribution < -0.4 is 15.6 Å². The molecule has 0 radical (unpaired) electrons. The van der Waals surface area contributed by atoms with Crippen LogP contribution >= 0.6 is 0 Å². The number of hydrogen-bond acceptors (Lipinski definition) is 10. The van der Waals surface area contributed by atoms with Crippen LogP contribution in [0.1, 0.15) is 48.9 Å². The number of fused-ring (bicyclic) bond motifs is 1. The number of allylic oxidation sites excluding steroid dienone is 1. The Morgan fingerprint density at radius 1 is 1.27 bits per heavy atom. The molecule has 37 heavy (non-hydrogen) atoms. The molecule has 1 aliphatic heterocycles. The van der Waals surface area contributed by atoms with Crippen molar-refractivity contribution in [2.45, 2.75) is 32.7 Å². The number of H-pyrrole nitrogens is 1. The van der Waals surface area contributed by atoms with Gasteiger partial charge < -0.3 is 24.4 Å². The van der Waals surface area contributed by atoms with Crippen molar-refractivity contribution in [2.75, 3.05) is 49.5 Å². The molecule has 3 aromatic rings. The van der Waals surface area contributed by atoms with E-state index in [1.165, 1.54) is 6.20 Å². The Kier molecular flexibility index (Phi) is 6.87. The van der Waals surface area contributed by atoms with Gasteiger partial charge in [0, 0.05) is 50.0 Å². The zero-order valence-electron chi connectivity index (χ0n) is 20.9. The Labute approximate surface area is 213 Å². The lowest BCUT2D eigenvalue weighted by Crippen LogP contribution is -2.46. The number of nitrogens with zero attached hydrogens (tertiary/aromatic N) is 7. The van der Waals surface area contributed by atoms with Gasteiger partial charge in [-0.15, -0.1) is 10.2 Å². The summed E-state index contributed by atoms with van der Waals surface area (Å²) in [5.74, 6) is -0.462. The Bertz CT molecular complexity index is 1430. The maximum atomic E-state index is 13.5. The van der Waals surface area contributed by atoms with Crippen LogP contribution in [0.3, 0.4) is 0 Å². The number of aromatic amines is 1. The van der Waals surface area contributed by atoms with Gasteiger partial charge in [-0.05, 0) is 43.7 Å². The molecule has 2 aromatic heterocycles. The van der Waals surface area contributed by atoms with Crippen molar-refractivity contribution >= 4 is 33.8 Å². The fourth-order valence-corrected chi connectivity index (χ4v) is 4.65. The van der Waals surface area contributed by atoms with Crippen molar-refractivity contribution in [3.05, 3.63) is 46.1 Å². The summed E-state index contributed by atoms with van der Waals surface area (Å²) in [6.45, 7) is 8.54. The van der Waals surface area contributed by atoms with Crippen molar-refractivity contribution in [1.82, 2.24) is 30.1 Å². The third-order valence-electron chi connectivity index (χ3n) is 6.82. The molecular formula is C25H29N9O3. The number of anilines is 2. The number of ether oxygens (including phenoxy) is 1. The number of rotatable bonds is 8. The van der Waals surface area contributed by atoms with Gasteiger partial charge in [0.15, 0.2) is 0 Å². The van der Waals surface area contributed by atoms with Crippen molar-refractivity contribution < 1.29 is 9.53 Å². The van der Waals surface area contributed by atoms with Crippen LogP contribution in [0.25, 0.3) is 16.5 Å².